The number of aromatic nitrogens is 1. The zero-order valence-corrected chi connectivity index (χ0v) is 13.8. The van der Waals surface area contributed by atoms with Crippen LogP contribution in [0.25, 0.3) is 0 Å². The van der Waals surface area contributed by atoms with Crippen LogP contribution < -0.4 is 10.2 Å². The van der Waals surface area contributed by atoms with Gasteiger partial charge in [-0.1, -0.05) is 0 Å². The maximum atomic E-state index is 5.46. The van der Waals surface area contributed by atoms with Crippen LogP contribution in [0.3, 0.4) is 0 Å². The molecule has 0 radical (unpaired) electrons. The molecule has 1 N–H and O–H groups in total. The Labute approximate surface area is 125 Å². The highest BCUT2D eigenvalue weighted by Gasteiger charge is 2.34. The molecule has 0 aliphatic carbocycles. The fourth-order valence-electron chi connectivity index (χ4n) is 2.23. The SMILES string of the molecule is COC1CN(c2nc(CNC(C)(C)C)cs2)CC1OC. The molecular weight excluding hydrogens is 274 g/mol. The lowest BCUT2D eigenvalue weighted by Crippen LogP contribution is -2.35. The lowest BCUT2D eigenvalue weighted by Gasteiger charge is -2.19. The van der Waals surface area contributed by atoms with Crippen LogP contribution in [0.1, 0.15) is 26.5 Å². The molecule has 1 aromatic rings. The number of hydrogen-bond acceptors (Lipinski definition) is 6. The number of hydrogen-bond donors (Lipinski definition) is 1. The Morgan fingerprint density at radius 2 is 1.90 bits per heavy atom. The first-order chi connectivity index (χ1) is 9.43. The minimum atomic E-state index is 0.111. The first kappa shape index (κ1) is 15.7. The molecule has 2 heterocycles. The molecular formula is C14H25N3O2S. The summed E-state index contributed by atoms with van der Waals surface area (Å²) in [4.78, 5) is 6.95. The van der Waals surface area contributed by atoms with Gasteiger partial charge in [-0.3, -0.25) is 0 Å². The van der Waals surface area contributed by atoms with E-state index in [-0.39, 0.29) is 17.7 Å². The molecule has 0 aromatic carbocycles. The normalized spacial score (nSPS) is 23.6. The third-order valence-electron chi connectivity index (χ3n) is 3.43. The molecule has 0 bridgehead atoms. The average molecular weight is 299 g/mol. The molecule has 1 fully saturated rings. The van der Waals surface area contributed by atoms with Crippen LogP contribution in [-0.2, 0) is 16.0 Å². The van der Waals surface area contributed by atoms with E-state index in [0.717, 1.165) is 30.5 Å². The highest BCUT2D eigenvalue weighted by molar-refractivity contribution is 7.13. The predicted octanol–water partition coefficient (Wildman–Crippen LogP) is 1.88. The van der Waals surface area contributed by atoms with Gasteiger partial charge in [-0.2, -0.15) is 0 Å². The number of rotatable bonds is 5. The van der Waals surface area contributed by atoms with Crippen molar-refractivity contribution < 1.29 is 9.47 Å². The number of nitrogens with one attached hydrogen (secondary N) is 1. The number of ether oxygens (including phenoxy) is 2. The Morgan fingerprint density at radius 1 is 1.30 bits per heavy atom. The Kier molecular flexibility index (Phi) is 5.01. The van der Waals surface area contributed by atoms with Crippen molar-refractivity contribution in [3.63, 3.8) is 0 Å². The smallest absolute Gasteiger partial charge is 0.185 e. The second-order valence-corrected chi connectivity index (χ2v) is 7.01. The number of nitrogens with zero attached hydrogens (tertiary/aromatic N) is 2. The van der Waals surface area contributed by atoms with Gasteiger partial charge in [0.1, 0.15) is 12.2 Å². The summed E-state index contributed by atoms with van der Waals surface area (Å²) in [6.45, 7) is 8.96. The Hall–Kier alpha value is -0.690. The van der Waals surface area contributed by atoms with Gasteiger partial charge in [0, 0.05) is 44.8 Å². The Balaban J connectivity index is 1.96. The highest BCUT2D eigenvalue weighted by atomic mass is 32.1. The van der Waals surface area contributed by atoms with Gasteiger partial charge in [0.05, 0.1) is 5.69 Å². The van der Waals surface area contributed by atoms with E-state index in [1.165, 1.54) is 0 Å². The van der Waals surface area contributed by atoms with Crippen LogP contribution >= 0.6 is 11.3 Å². The fourth-order valence-corrected chi connectivity index (χ4v) is 3.08. The summed E-state index contributed by atoms with van der Waals surface area (Å²) >= 11 is 1.69. The van der Waals surface area contributed by atoms with Crippen molar-refractivity contribution >= 4 is 16.5 Å². The van der Waals surface area contributed by atoms with Gasteiger partial charge in [-0.25, -0.2) is 4.98 Å². The molecule has 0 amide bonds. The van der Waals surface area contributed by atoms with E-state index < -0.39 is 0 Å². The highest BCUT2D eigenvalue weighted by Crippen LogP contribution is 2.26. The maximum Gasteiger partial charge on any atom is 0.185 e. The van der Waals surface area contributed by atoms with Gasteiger partial charge >= 0.3 is 0 Å². The lowest BCUT2D eigenvalue weighted by molar-refractivity contribution is -0.00461. The van der Waals surface area contributed by atoms with Crippen LogP contribution in [0, 0.1) is 0 Å². The largest absolute Gasteiger partial charge is 0.377 e. The molecule has 6 heteroatoms. The molecule has 0 saturated carbocycles. The predicted molar refractivity (Wildman–Crippen MR) is 82.5 cm³/mol. The molecule has 0 spiro atoms. The summed E-state index contributed by atoms with van der Waals surface area (Å²) in [5.41, 5.74) is 1.20. The minimum Gasteiger partial charge on any atom is -0.377 e. The van der Waals surface area contributed by atoms with E-state index in [0.29, 0.717) is 0 Å². The molecule has 2 unspecified atom stereocenters. The Bertz CT molecular complexity index is 418. The summed E-state index contributed by atoms with van der Waals surface area (Å²) in [6, 6.07) is 0. The number of methoxy groups -OCH3 is 2. The van der Waals surface area contributed by atoms with Gasteiger partial charge < -0.3 is 19.7 Å². The van der Waals surface area contributed by atoms with Crippen LogP contribution in [0.5, 0.6) is 0 Å². The van der Waals surface area contributed by atoms with Gasteiger partial charge in [0.2, 0.25) is 0 Å². The standard InChI is InChI=1S/C14H25N3O2S/c1-14(2,3)15-6-10-9-20-13(16-10)17-7-11(18-4)12(8-17)19-5/h9,11-12,15H,6-8H2,1-5H3. The third-order valence-corrected chi connectivity index (χ3v) is 4.38. The van der Waals surface area contributed by atoms with E-state index in [4.69, 9.17) is 14.5 Å². The van der Waals surface area contributed by atoms with Crippen molar-refractivity contribution in [2.75, 3.05) is 32.2 Å². The topological polar surface area (TPSA) is 46.6 Å². The van der Waals surface area contributed by atoms with E-state index in [1.807, 2.05) is 0 Å². The summed E-state index contributed by atoms with van der Waals surface area (Å²) in [5.74, 6) is 0. The van der Waals surface area contributed by atoms with Gasteiger partial charge in [0.25, 0.3) is 0 Å². The average Bonchev–Trinajstić information content (AvgIpc) is 3.01. The minimum absolute atomic E-state index is 0.111. The van der Waals surface area contributed by atoms with Gasteiger partial charge in [-0.15, -0.1) is 11.3 Å². The molecule has 2 atom stereocenters. The lowest BCUT2D eigenvalue weighted by atomic mass is 10.1. The molecule has 5 nitrogen and oxygen atoms in total. The van der Waals surface area contributed by atoms with Crippen LogP contribution in [0.15, 0.2) is 5.38 Å². The summed E-state index contributed by atoms with van der Waals surface area (Å²) in [7, 11) is 3.47. The third kappa shape index (κ3) is 3.91. The first-order valence-corrected chi connectivity index (χ1v) is 7.81. The second kappa shape index (κ2) is 6.39. The molecule has 114 valence electrons. The number of anilines is 1. The summed E-state index contributed by atoms with van der Waals surface area (Å²) < 4.78 is 10.9. The summed E-state index contributed by atoms with van der Waals surface area (Å²) in [6.07, 6.45) is 0.250. The van der Waals surface area contributed by atoms with Gasteiger partial charge in [0.15, 0.2) is 5.13 Å². The molecule has 1 saturated heterocycles. The van der Waals surface area contributed by atoms with Crippen molar-refractivity contribution in [3.8, 4) is 0 Å². The zero-order chi connectivity index (χ0) is 14.8. The van der Waals surface area contributed by atoms with E-state index in [2.05, 4.69) is 36.4 Å². The van der Waals surface area contributed by atoms with Crippen molar-refractivity contribution in [1.29, 1.82) is 0 Å². The Morgan fingerprint density at radius 3 is 2.40 bits per heavy atom. The summed E-state index contributed by atoms with van der Waals surface area (Å²) in [5, 5.41) is 6.63. The van der Waals surface area contributed by atoms with Crippen LogP contribution in [0.2, 0.25) is 0 Å². The fraction of sp³-hybridized carbons (Fsp3) is 0.786. The van der Waals surface area contributed by atoms with Gasteiger partial charge in [-0.05, 0) is 20.8 Å². The second-order valence-electron chi connectivity index (χ2n) is 6.18. The van der Waals surface area contributed by atoms with Crippen molar-refractivity contribution in [1.82, 2.24) is 10.3 Å². The molecule has 20 heavy (non-hydrogen) atoms. The molecule has 1 aliphatic rings. The first-order valence-electron chi connectivity index (χ1n) is 6.93. The number of thiazole rings is 1. The monoisotopic (exact) mass is 299 g/mol. The van der Waals surface area contributed by atoms with E-state index in [1.54, 1.807) is 25.6 Å². The van der Waals surface area contributed by atoms with E-state index in [9.17, 15) is 0 Å². The van der Waals surface area contributed by atoms with Crippen molar-refractivity contribution in [2.45, 2.75) is 45.1 Å². The zero-order valence-electron chi connectivity index (χ0n) is 13.0. The molecule has 1 aliphatic heterocycles. The maximum absolute atomic E-state index is 5.46. The van der Waals surface area contributed by atoms with Crippen molar-refractivity contribution in [3.05, 3.63) is 11.1 Å². The van der Waals surface area contributed by atoms with Crippen LogP contribution in [0.4, 0.5) is 5.13 Å². The van der Waals surface area contributed by atoms with E-state index >= 15 is 0 Å². The van der Waals surface area contributed by atoms with Crippen molar-refractivity contribution in [2.24, 2.45) is 0 Å². The molecule has 2 rings (SSSR count). The molecule has 1 aromatic heterocycles. The van der Waals surface area contributed by atoms with Crippen LogP contribution in [-0.4, -0.2) is 50.0 Å². The quantitative estimate of drug-likeness (QED) is 0.899.